The largest absolute Gasteiger partial charge is 0.419 e. The van der Waals surface area contributed by atoms with Crippen molar-refractivity contribution in [1.82, 2.24) is 9.97 Å². The summed E-state index contributed by atoms with van der Waals surface area (Å²) in [6.07, 6.45) is -0.700. The summed E-state index contributed by atoms with van der Waals surface area (Å²) in [6.45, 7) is 0. The van der Waals surface area contributed by atoms with E-state index in [1.54, 1.807) is 36.4 Å². The Kier molecular flexibility index (Phi) is 5.71. The van der Waals surface area contributed by atoms with Gasteiger partial charge in [0.25, 0.3) is 0 Å². The number of sulfonamides is 1. The fraction of sp³-hybridized carbons (Fsp3) is 0.0870. The Bertz CT molecular complexity index is 1470. The molecule has 2 N–H and O–H groups in total. The zero-order valence-corrected chi connectivity index (χ0v) is 17.9. The third kappa shape index (κ3) is 5.23. The minimum Gasteiger partial charge on any atom is -0.338 e. The van der Waals surface area contributed by atoms with E-state index in [2.05, 4.69) is 14.7 Å². The summed E-state index contributed by atoms with van der Waals surface area (Å²) in [5.41, 5.74) is 2.07. The van der Waals surface area contributed by atoms with Crippen LogP contribution in [0.4, 0.5) is 23.2 Å². The summed E-state index contributed by atoms with van der Waals surface area (Å²) >= 11 is 0. The fourth-order valence-electron chi connectivity index (χ4n) is 3.34. The minimum atomic E-state index is -4.75. The van der Waals surface area contributed by atoms with Gasteiger partial charge in [-0.1, -0.05) is 36.4 Å². The zero-order valence-electron chi connectivity index (χ0n) is 17.1. The van der Waals surface area contributed by atoms with Crippen LogP contribution < -0.4 is 4.72 Å². The number of nitrogens with one attached hydrogen (secondary N) is 2. The van der Waals surface area contributed by atoms with Gasteiger partial charge in [0.15, 0.2) is 0 Å². The van der Waals surface area contributed by atoms with Gasteiger partial charge < -0.3 is 4.98 Å². The maximum absolute atomic E-state index is 13.8. The average molecular weight is 475 g/mol. The van der Waals surface area contributed by atoms with Crippen LogP contribution in [0.15, 0.2) is 60.7 Å². The van der Waals surface area contributed by atoms with Crippen LogP contribution in [0.1, 0.15) is 17.0 Å². The smallest absolute Gasteiger partial charge is 0.338 e. The predicted molar refractivity (Wildman–Crippen MR) is 120 cm³/mol. The summed E-state index contributed by atoms with van der Waals surface area (Å²) in [5, 5.41) is 0. The molecule has 0 radical (unpaired) electrons. The molecule has 0 aliphatic rings. The van der Waals surface area contributed by atoms with E-state index in [-0.39, 0.29) is 5.56 Å². The Hall–Kier alpha value is -3.66. The standard InChI is InChI=1S/C23H17F4N3O2S/c1-33(31,32)30-19-5-3-2-4-16(19)15-8-10-20-21(13-15)29-22(28-20)11-7-14-6-9-17(18(24)12-14)23(25,26)27/h2-13,30H,1H3,(H,28,29)/b11-7+. The Balaban J connectivity index is 1.63. The second-order valence-corrected chi connectivity index (χ2v) is 9.09. The number of aromatic nitrogens is 2. The predicted octanol–water partition coefficient (Wildman–Crippen LogP) is 5.93. The van der Waals surface area contributed by atoms with Crippen LogP contribution in [-0.4, -0.2) is 24.6 Å². The lowest BCUT2D eigenvalue weighted by molar-refractivity contribution is -0.140. The number of benzene rings is 3. The maximum Gasteiger partial charge on any atom is 0.419 e. The van der Waals surface area contributed by atoms with Crippen molar-refractivity contribution in [3.05, 3.63) is 83.4 Å². The molecule has 0 aliphatic heterocycles. The van der Waals surface area contributed by atoms with Crippen LogP contribution in [-0.2, 0) is 16.2 Å². The van der Waals surface area contributed by atoms with E-state index in [1.165, 1.54) is 18.2 Å². The van der Waals surface area contributed by atoms with E-state index in [9.17, 15) is 26.0 Å². The third-order valence-corrected chi connectivity index (χ3v) is 5.36. The number of H-pyrrole nitrogens is 1. The molecule has 0 atom stereocenters. The van der Waals surface area contributed by atoms with Gasteiger partial charge in [-0.05, 0) is 47.5 Å². The van der Waals surface area contributed by atoms with Gasteiger partial charge in [0, 0.05) is 5.56 Å². The number of imidazole rings is 1. The molecule has 4 rings (SSSR count). The first-order chi connectivity index (χ1) is 15.5. The van der Waals surface area contributed by atoms with E-state index < -0.39 is 27.6 Å². The molecule has 1 aromatic heterocycles. The van der Waals surface area contributed by atoms with Crippen molar-refractivity contribution in [2.45, 2.75) is 6.18 Å². The van der Waals surface area contributed by atoms with Crippen LogP contribution >= 0.6 is 0 Å². The number of anilines is 1. The number of aromatic amines is 1. The van der Waals surface area contributed by atoms with Crippen molar-refractivity contribution < 1.29 is 26.0 Å². The molecule has 0 bridgehead atoms. The van der Waals surface area contributed by atoms with Crippen LogP contribution in [0.2, 0.25) is 0 Å². The van der Waals surface area contributed by atoms with Crippen molar-refractivity contribution >= 4 is 38.9 Å². The molecular weight excluding hydrogens is 458 g/mol. The summed E-state index contributed by atoms with van der Waals surface area (Å²) in [7, 11) is -3.46. The molecule has 0 saturated heterocycles. The highest BCUT2D eigenvalue weighted by atomic mass is 32.2. The summed E-state index contributed by atoms with van der Waals surface area (Å²) < 4.78 is 77.7. The zero-order chi connectivity index (χ0) is 23.8. The molecule has 33 heavy (non-hydrogen) atoms. The van der Waals surface area contributed by atoms with Crippen LogP contribution in [0.5, 0.6) is 0 Å². The number of hydrogen-bond donors (Lipinski definition) is 2. The highest BCUT2D eigenvalue weighted by Gasteiger charge is 2.33. The lowest BCUT2D eigenvalue weighted by atomic mass is 10.0. The highest BCUT2D eigenvalue weighted by Crippen LogP contribution is 2.32. The first-order valence-electron chi connectivity index (χ1n) is 9.61. The molecule has 3 aromatic carbocycles. The van der Waals surface area contributed by atoms with Crippen LogP contribution in [0.3, 0.4) is 0 Å². The van der Waals surface area contributed by atoms with E-state index in [1.807, 2.05) is 6.07 Å². The molecule has 0 unspecified atom stereocenters. The van der Waals surface area contributed by atoms with Gasteiger partial charge in [-0.2, -0.15) is 13.2 Å². The maximum atomic E-state index is 13.8. The topological polar surface area (TPSA) is 74.8 Å². The first-order valence-corrected chi connectivity index (χ1v) is 11.5. The van der Waals surface area contributed by atoms with Gasteiger partial charge in [-0.15, -0.1) is 0 Å². The van der Waals surface area contributed by atoms with Crippen LogP contribution in [0.25, 0.3) is 34.3 Å². The van der Waals surface area contributed by atoms with Crippen molar-refractivity contribution in [2.24, 2.45) is 0 Å². The van der Waals surface area contributed by atoms with E-state index in [4.69, 9.17) is 0 Å². The van der Waals surface area contributed by atoms with Crippen LogP contribution in [0, 0.1) is 5.82 Å². The molecule has 0 spiro atoms. The molecule has 0 aliphatic carbocycles. The molecule has 170 valence electrons. The van der Waals surface area contributed by atoms with Crippen molar-refractivity contribution in [1.29, 1.82) is 0 Å². The summed E-state index contributed by atoms with van der Waals surface area (Å²) in [5.74, 6) is -0.926. The van der Waals surface area contributed by atoms with E-state index in [0.717, 1.165) is 17.9 Å². The number of para-hydroxylation sites is 1. The number of hydrogen-bond acceptors (Lipinski definition) is 3. The van der Waals surface area contributed by atoms with Gasteiger partial charge in [0.1, 0.15) is 11.6 Å². The Labute approximate surface area is 186 Å². The molecular formula is C23H17F4N3O2S. The van der Waals surface area contributed by atoms with Gasteiger partial charge in [0.05, 0.1) is 28.5 Å². The molecule has 4 aromatic rings. The second-order valence-electron chi connectivity index (χ2n) is 7.34. The average Bonchev–Trinajstić information content (AvgIpc) is 3.13. The molecule has 0 fully saturated rings. The SMILES string of the molecule is CS(=O)(=O)Nc1ccccc1-c1ccc2[nH]c(/C=C/c3ccc(C(F)(F)F)c(F)c3)nc2c1. The van der Waals surface area contributed by atoms with Gasteiger partial charge >= 0.3 is 6.18 Å². The van der Waals surface area contributed by atoms with Crippen molar-refractivity contribution in [3.63, 3.8) is 0 Å². The number of rotatable bonds is 5. The number of alkyl halides is 3. The summed E-state index contributed by atoms with van der Waals surface area (Å²) in [4.78, 5) is 7.51. The van der Waals surface area contributed by atoms with Crippen molar-refractivity contribution in [3.8, 4) is 11.1 Å². The summed E-state index contributed by atoms with van der Waals surface area (Å²) in [6, 6.07) is 15.0. The monoisotopic (exact) mass is 475 g/mol. The lowest BCUT2D eigenvalue weighted by Crippen LogP contribution is -2.10. The van der Waals surface area contributed by atoms with E-state index in [0.29, 0.717) is 34.2 Å². The lowest BCUT2D eigenvalue weighted by Gasteiger charge is -2.10. The third-order valence-electron chi connectivity index (χ3n) is 4.77. The molecule has 0 saturated carbocycles. The molecule has 5 nitrogen and oxygen atoms in total. The minimum absolute atomic E-state index is 0.252. The Morgan fingerprint density at radius 2 is 1.76 bits per heavy atom. The van der Waals surface area contributed by atoms with Gasteiger partial charge in [-0.3, -0.25) is 4.72 Å². The molecule has 1 heterocycles. The van der Waals surface area contributed by atoms with Gasteiger partial charge in [-0.25, -0.2) is 17.8 Å². The first kappa shape index (κ1) is 22.5. The second kappa shape index (κ2) is 8.36. The number of nitrogens with zero attached hydrogens (tertiary/aromatic N) is 1. The highest BCUT2D eigenvalue weighted by molar-refractivity contribution is 7.92. The van der Waals surface area contributed by atoms with Crippen molar-refractivity contribution in [2.75, 3.05) is 11.0 Å². The normalized spacial score (nSPS) is 12.5. The number of fused-ring (bicyclic) bond motifs is 1. The Morgan fingerprint density at radius 1 is 1.00 bits per heavy atom. The van der Waals surface area contributed by atoms with E-state index >= 15 is 0 Å². The molecule has 0 amide bonds. The fourth-order valence-corrected chi connectivity index (χ4v) is 3.91. The van der Waals surface area contributed by atoms with Gasteiger partial charge in [0.2, 0.25) is 10.0 Å². The quantitative estimate of drug-likeness (QED) is 0.352. The Morgan fingerprint density at radius 3 is 2.45 bits per heavy atom. The number of halogens is 4. The molecule has 10 heteroatoms.